The van der Waals surface area contributed by atoms with Crippen LogP contribution in [0.15, 0.2) is 6.33 Å². The molecular weight excluding hydrogens is 224 g/mol. The third-order valence-corrected chi connectivity index (χ3v) is 4.32. The molecule has 1 saturated carbocycles. The van der Waals surface area contributed by atoms with Gasteiger partial charge in [0.2, 0.25) is 0 Å². The highest BCUT2D eigenvalue weighted by Gasteiger charge is 2.32. The van der Waals surface area contributed by atoms with Crippen molar-refractivity contribution >= 4 is 0 Å². The molecule has 1 aromatic heterocycles. The molecule has 2 rings (SSSR count). The molecule has 1 heterocycles. The van der Waals surface area contributed by atoms with Gasteiger partial charge in [-0.2, -0.15) is 5.10 Å². The maximum absolute atomic E-state index is 4.40. The largest absolute Gasteiger partial charge is 0.314 e. The Kier molecular flexibility index (Phi) is 4.75. The Morgan fingerprint density at radius 1 is 1.39 bits per heavy atom. The second-order valence-electron chi connectivity index (χ2n) is 5.45. The Morgan fingerprint density at radius 2 is 2.22 bits per heavy atom. The van der Waals surface area contributed by atoms with E-state index in [0.717, 1.165) is 37.2 Å². The van der Waals surface area contributed by atoms with Gasteiger partial charge >= 0.3 is 0 Å². The number of aromatic nitrogens is 3. The number of nitrogens with one attached hydrogen (secondary N) is 1. The van der Waals surface area contributed by atoms with E-state index in [4.69, 9.17) is 0 Å². The van der Waals surface area contributed by atoms with Crippen molar-refractivity contribution in [1.29, 1.82) is 0 Å². The summed E-state index contributed by atoms with van der Waals surface area (Å²) in [6, 6.07) is 0.702. The van der Waals surface area contributed by atoms with Gasteiger partial charge in [-0.05, 0) is 44.6 Å². The van der Waals surface area contributed by atoms with Gasteiger partial charge in [0.1, 0.15) is 12.2 Å². The Hall–Kier alpha value is -0.900. The summed E-state index contributed by atoms with van der Waals surface area (Å²) < 4.78 is 2.03. The molecule has 0 aliphatic heterocycles. The quantitative estimate of drug-likeness (QED) is 0.842. The molecule has 1 aliphatic carbocycles. The lowest BCUT2D eigenvalue weighted by Gasteiger charge is -2.21. The molecule has 4 nitrogen and oxygen atoms in total. The van der Waals surface area contributed by atoms with Crippen LogP contribution < -0.4 is 5.32 Å². The summed E-state index contributed by atoms with van der Waals surface area (Å²) in [5.41, 5.74) is 0. The Morgan fingerprint density at radius 3 is 2.94 bits per heavy atom. The summed E-state index contributed by atoms with van der Waals surface area (Å²) >= 11 is 0. The number of rotatable bonds is 6. The van der Waals surface area contributed by atoms with Gasteiger partial charge in [-0.25, -0.2) is 4.98 Å². The molecule has 0 radical (unpaired) electrons. The fraction of sp³-hybridized carbons (Fsp3) is 0.857. The highest BCUT2D eigenvalue weighted by atomic mass is 15.3. The van der Waals surface area contributed by atoms with Crippen LogP contribution in [0, 0.1) is 11.8 Å². The monoisotopic (exact) mass is 250 g/mol. The first-order valence-electron chi connectivity index (χ1n) is 7.36. The van der Waals surface area contributed by atoms with Gasteiger partial charge in [-0.1, -0.05) is 13.8 Å². The maximum atomic E-state index is 4.40. The molecule has 0 amide bonds. The summed E-state index contributed by atoms with van der Waals surface area (Å²) in [4.78, 5) is 4.40. The van der Waals surface area contributed by atoms with Crippen LogP contribution in [0.25, 0.3) is 0 Å². The lowest BCUT2D eigenvalue weighted by Crippen LogP contribution is -2.33. The van der Waals surface area contributed by atoms with Crippen LogP contribution in [0.1, 0.15) is 45.9 Å². The predicted octanol–water partition coefficient (Wildman–Crippen LogP) is 2.25. The van der Waals surface area contributed by atoms with Gasteiger partial charge in [-0.3, -0.25) is 4.68 Å². The van der Waals surface area contributed by atoms with E-state index in [0.29, 0.717) is 6.04 Å². The van der Waals surface area contributed by atoms with Crippen molar-refractivity contribution in [3.63, 3.8) is 0 Å². The van der Waals surface area contributed by atoms with Gasteiger partial charge in [0.05, 0.1) is 0 Å². The second-order valence-corrected chi connectivity index (χ2v) is 5.45. The summed E-state index contributed by atoms with van der Waals surface area (Å²) in [5, 5.41) is 7.94. The Bertz CT molecular complexity index is 360. The molecular formula is C14H26N4. The Balaban J connectivity index is 1.91. The highest BCUT2D eigenvalue weighted by Crippen LogP contribution is 2.33. The minimum Gasteiger partial charge on any atom is -0.314 e. The molecule has 0 saturated heterocycles. The number of hydrogen-bond donors (Lipinski definition) is 1. The van der Waals surface area contributed by atoms with Crippen LogP contribution in [-0.2, 0) is 13.0 Å². The van der Waals surface area contributed by atoms with E-state index in [2.05, 4.69) is 36.2 Å². The summed E-state index contributed by atoms with van der Waals surface area (Å²) in [5.74, 6) is 2.66. The highest BCUT2D eigenvalue weighted by molar-refractivity contribution is 4.94. The standard InChI is InChI=1S/C14H26N4/c1-4-8-15-13-7-6-12(11(13)3)9-14-16-10-17-18(14)5-2/h10-13,15H,4-9H2,1-3H3. The topological polar surface area (TPSA) is 42.7 Å². The van der Waals surface area contributed by atoms with E-state index >= 15 is 0 Å². The van der Waals surface area contributed by atoms with Gasteiger partial charge in [-0.15, -0.1) is 0 Å². The minimum atomic E-state index is 0.702. The predicted molar refractivity (Wildman–Crippen MR) is 73.4 cm³/mol. The van der Waals surface area contributed by atoms with E-state index in [1.165, 1.54) is 19.3 Å². The normalized spacial score (nSPS) is 27.8. The van der Waals surface area contributed by atoms with Crippen LogP contribution in [0.5, 0.6) is 0 Å². The van der Waals surface area contributed by atoms with Crippen LogP contribution in [0.4, 0.5) is 0 Å². The maximum Gasteiger partial charge on any atom is 0.138 e. The van der Waals surface area contributed by atoms with Crippen LogP contribution in [-0.4, -0.2) is 27.4 Å². The average molecular weight is 250 g/mol. The first-order valence-corrected chi connectivity index (χ1v) is 7.36. The second kappa shape index (κ2) is 6.32. The third-order valence-electron chi connectivity index (χ3n) is 4.32. The fourth-order valence-electron chi connectivity index (χ4n) is 3.10. The molecule has 1 aliphatic rings. The van der Waals surface area contributed by atoms with Gasteiger partial charge < -0.3 is 5.32 Å². The zero-order valence-corrected chi connectivity index (χ0v) is 11.9. The summed E-state index contributed by atoms with van der Waals surface area (Å²) in [7, 11) is 0. The van der Waals surface area contributed by atoms with Crippen LogP contribution in [0.2, 0.25) is 0 Å². The first-order chi connectivity index (χ1) is 8.76. The van der Waals surface area contributed by atoms with Gasteiger partial charge in [0, 0.05) is 19.0 Å². The first kappa shape index (κ1) is 13.5. The van der Waals surface area contributed by atoms with Crippen molar-refractivity contribution in [2.75, 3.05) is 6.54 Å². The van der Waals surface area contributed by atoms with E-state index in [1.807, 2.05) is 4.68 Å². The third kappa shape index (κ3) is 2.91. The van der Waals surface area contributed by atoms with Gasteiger partial charge in [0.25, 0.3) is 0 Å². The smallest absolute Gasteiger partial charge is 0.138 e. The summed E-state index contributed by atoms with van der Waals surface area (Å²) in [6.07, 6.45) is 6.62. The molecule has 4 heteroatoms. The molecule has 1 aromatic rings. The van der Waals surface area contributed by atoms with Crippen molar-refractivity contribution in [2.45, 2.75) is 59.0 Å². The number of nitrogens with zero attached hydrogens (tertiary/aromatic N) is 3. The molecule has 102 valence electrons. The molecule has 0 bridgehead atoms. The molecule has 0 aromatic carbocycles. The van der Waals surface area contributed by atoms with Crippen LogP contribution in [0.3, 0.4) is 0 Å². The minimum absolute atomic E-state index is 0.702. The summed E-state index contributed by atoms with van der Waals surface area (Å²) in [6.45, 7) is 8.81. The van der Waals surface area contributed by atoms with Crippen molar-refractivity contribution in [2.24, 2.45) is 11.8 Å². The van der Waals surface area contributed by atoms with Crippen LogP contribution >= 0.6 is 0 Å². The molecule has 1 N–H and O–H groups in total. The van der Waals surface area contributed by atoms with E-state index < -0.39 is 0 Å². The molecule has 18 heavy (non-hydrogen) atoms. The number of aryl methyl sites for hydroxylation is 1. The number of hydrogen-bond acceptors (Lipinski definition) is 3. The average Bonchev–Trinajstić information content (AvgIpc) is 2.96. The van der Waals surface area contributed by atoms with Crippen molar-refractivity contribution in [1.82, 2.24) is 20.1 Å². The molecule has 0 spiro atoms. The Labute approximate surface area is 110 Å². The van der Waals surface area contributed by atoms with Crippen molar-refractivity contribution in [3.05, 3.63) is 12.2 Å². The SMILES string of the molecule is CCCNC1CCC(Cc2ncnn2CC)C1C. The molecule has 3 atom stereocenters. The van der Waals surface area contributed by atoms with E-state index in [9.17, 15) is 0 Å². The molecule has 3 unspecified atom stereocenters. The zero-order chi connectivity index (χ0) is 13.0. The van der Waals surface area contributed by atoms with E-state index in [1.54, 1.807) is 6.33 Å². The van der Waals surface area contributed by atoms with Crippen molar-refractivity contribution in [3.8, 4) is 0 Å². The van der Waals surface area contributed by atoms with E-state index in [-0.39, 0.29) is 0 Å². The fourth-order valence-corrected chi connectivity index (χ4v) is 3.10. The molecule has 1 fully saturated rings. The zero-order valence-electron chi connectivity index (χ0n) is 11.9. The van der Waals surface area contributed by atoms with Crippen molar-refractivity contribution < 1.29 is 0 Å². The lowest BCUT2D eigenvalue weighted by molar-refractivity contribution is 0.343. The lowest BCUT2D eigenvalue weighted by atomic mass is 9.92. The van der Waals surface area contributed by atoms with Gasteiger partial charge in [0.15, 0.2) is 0 Å².